The van der Waals surface area contributed by atoms with Crippen molar-refractivity contribution in [3.8, 4) is 12.1 Å². The molecule has 222 valence electrons. The Bertz CT molecular complexity index is 1420. The number of likely N-dealkylation sites (tertiary alicyclic amines) is 1. The van der Waals surface area contributed by atoms with Gasteiger partial charge in [-0.15, -0.1) is 0 Å². The molecule has 0 saturated carbocycles. The number of ether oxygens (including phenoxy) is 1. The number of halogens is 3. The van der Waals surface area contributed by atoms with Crippen LogP contribution in [0.15, 0.2) is 24.8 Å². The minimum Gasteiger partial charge on any atom is -0.462 e. The van der Waals surface area contributed by atoms with Crippen LogP contribution < -0.4 is 9.64 Å². The number of nitrogens with zero attached hydrogens (tertiary/aromatic N) is 6. The molecule has 8 nitrogen and oxygen atoms in total. The number of hydrogen-bond donors (Lipinski definition) is 0. The Balaban J connectivity index is 1.31. The van der Waals surface area contributed by atoms with E-state index in [1.165, 1.54) is 17.2 Å². The molecule has 4 aliphatic rings. The molecule has 6 rings (SSSR count). The number of amides is 1. The van der Waals surface area contributed by atoms with Crippen LogP contribution in [0.3, 0.4) is 0 Å². The van der Waals surface area contributed by atoms with Gasteiger partial charge in [-0.2, -0.15) is 15.2 Å². The number of carbonyl (C=O) groups excluding carboxylic acids is 1. The number of alkyl halides is 1. The Labute approximate surface area is 256 Å². The predicted octanol–water partition coefficient (Wildman–Crippen LogP) is 4.60. The van der Waals surface area contributed by atoms with Crippen LogP contribution in [0.25, 0.3) is 0 Å². The van der Waals surface area contributed by atoms with Gasteiger partial charge in [0.15, 0.2) is 0 Å². The third-order valence-electron chi connectivity index (χ3n) is 9.48. The number of piperazine rings is 1. The van der Waals surface area contributed by atoms with E-state index in [1.807, 2.05) is 24.1 Å². The van der Waals surface area contributed by atoms with Crippen LogP contribution in [-0.2, 0) is 30.5 Å². The van der Waals surface area contributed by atoms with Crippen LogP contribution in [0.5, 0.6) is 6.01 Å². The van der Waals surface area contributed by atoms with Gasteiger partial charge in [-0.3, -0.25) is 9.69 Å². The molecule has 1 aromatic heterocycles. The molecule has 2 fully saturated rings. The lowest BCUT2D eigenvalue weighted by molar-refractivity contribution is -0.128. The van der Waals surface area contributed by atoms with Gasteiger partial charge in [-0.1, -0.05) is 29.8 Å². The average molecular weight is 614 g/mol. The van der Waals surface area contributed by atoms with Crippen LogP contribution in [0.4, 0.5) is 10.2 Å². The molecule has 42 heavy (non-hydrogen) atoms. The topological polar surface area (TPSA) is 85.6 Å². The number of hydrogen-bond acceptors (Lipinski definition) is 7. The first-order chi connectivity index (χ1) is 20.2. The van der Waals surface area contributed by atoms with E-state index < -0.39 is 6.17 Å². The molecule has 0 N–H and O–H groups in total. The lowest BCUT2D eigenvalue weighted by Crippen LogP contribution is -2.55. The highest BCUT2D eigenvalue weighted by Crippen LogP contribution is 2.49. The number of likely N-dealkylation sites (N-methyl/N-ethyl adjacent to an activating group) is 1. The number of carbonyl (C=O) groups is 1. The summed E-state index contributed by atoms with van der Waals surface area (Å²) >= 11 is 12.7. The van der Waals surface area contributed by atoms with Gasteiger partial charge in [-0.05, 0) is 80.3 Å². The smallest absolute Gasteiger partial charge is 0.318 e. The standard InChI is InChI=1S/C31H35Cl2FN6O2/c1-3-28(41)40-9-8-39(17-22(40)5-7-35)29-24-4-6-31(13-19-10-25(32)26(33)11-20(19)14-31)15-27(24)36-30(37-29)42-18-23-12-21(34)16-38(23)2/h3,10-11,21-23H,1,4-6,8-9,12-18H2,2H3/t21-,22+,23+/m1/s1. The van der Waals surface area contributed by atoms with Gasteiger partial charge in [0.05, 0.1) is 34.3 Å². The zero-order valence-electron chi connectivity index (χ0n) is 23.8. The van der Waals surface area contributed by atoms with Crippen LogP contribution in [0.1, 0.15) is 41.6 Å². The minimum atomic E-state index is -0.860. The van der Waals surface area contributed by atoms with Crippen molar-refractivity contribution in [2.45, 2.75) is 63.2 Å². The first-order valence-corrected chi connectivity index (χ1v) is 15.3. The highest BCUT2D eigenvalue weighted by molar-refractivity contribution is 6.42. The molecule has 0 unspecified atom stereocenters. The molecule has 0 bridgehead atoms. The van der Waals surface area contributed by atoms with Gasteiger partial charge in [0.25, 0.3) is 0 Å². The summed E-state index contributed by atoms with van der Waals surface area (Å²) in [5.74, 6) is 0.640. The van der Waals surface area contributed by atoms with E-state index in [0.29, 0.717) is 55.3 Å². The van der Waals surface area contributed by atoms with Gasteiger partial charge in [0.1, 0.15) is 18.6 Å². The van der Waals surface area contributed by atoms with E-state index in [-0.39, 0.29) is 29.8 Å². The Morgan fingerprint density at radius 3 is 2.57 bits per heavy atom. The molecule has 11 heteroatoms. The maximum Gasteiger partial charge on any atom is 0.318 e. The molecule has 0 radical (unpaired) electrons. The van der Waals surface area contributed by atoms with Gasteiger partial charge in [0.2, 0.25) is 5.91 Å². The summed E-state index contributed by atoms with van der Waals surface area (Å²) in [5, 5.41) is 10.7. The second-order valence-corrected chi connectivity index (χ2v) is 13.1. The lowest BCUT2D eigenvalue weighted by Gasteiger charge is -2.42. The summed E-state index contributed by atoms with van der Waals surface area (Å²) < 4.78 is 20.2. The quantitative estimate of drug-likeness (QED) is 0.441. The highest BCUT2D eigenvalue weighted by Gasteiger charge is 2.43. The van der Waals surface area contributed by atoms with Crippen molar-refractivity contribution in [2.75, 3.05) is 44.7 Å². The second kappa shape index (κ2) is 11.6. The van der Waals surface area contributed by atoms with E-state index in [2.05, 4.69) is 17.5 Å². The van der Waals surface area contributed by atoms with Crippen LogP contribution >= 0.6 is 23.2 Å². The SMILES string of the molecule is C=CC(=O)N1CCN(c2nc(OC[C@@H]3C[C@@H](F)CN3C)nc3c2CCC2(Cc4cc(Cl)c(Cl)cc4C2)C3)C[C@@H]1CC#N. The summed E-state index contributed by atoms with van der Waals surface area (Å²) in [6.45, 7) is 5.87. The fourth-order valence-electron chi connectivity index (χ4n) is 7.30. The van der Waals surface area contributed by atoms with Crippen LogP contribution in [0, 0.1) is 16.7 Å². The van der Waals surface area contributed by atoms with Crippen molar-refractivity contribution in [3.63, 3.8) is 0 Å². The van der Waals surface area contributed by atoms with Crippen molar-refractivity contribution in [1.29, 1.82) is 5.26 Å². The Morgan fingerprint density at radius 1 is 1.19 bits per heavy atom. The third-order valence-corrected chi connectivity index (χ3v) is 10.2. The van der Waals surface area contributed by atoms with Gasteiger partial charge >= 0.3 is 6.01 Å². The minimum absolute atomic E-state index is 0.0117. The van der Waals surface area contributed by atoms with Crippen molar-refractivity contribution >= 4 is 34.9 Å². The Kier molecular flexibility index (Phi) is 8.07. The molecular formula is C31H35Cl2FN6O2. The monoisotopic (exact) mass is 612 g/mol. The highest BCUT2D eigenvalue weighted by atomic mass is 35.5. The average Bonchev–Trinajstić information content (AvgIpc) is 3.47. The number of fused-ring (bicyclic) bond motifs is 2. The van der Waals surface area contributed by atoms with Crippen LogP contribution in [0.2, 0.25) is 10.0 Å². The fraction of sp³-hybridized carbons (Fsp3) is 0.548. The molecule has 3 heterocycles. The number of nitriles is 1. The number of rotatable bonds is 6. The zero-order chi connectivity index (χ0) is 29.6. The molecule has 1 amide bonds. The number of anilines is 1. The summed E-state index contributed by atoms with van der Waals surface area (Å²) in [6.07, 6.45) is 5.46. The molecule has 1 spiro atoms. The maximum absolute atomic E-state index is 14.0. The summed E-state index contributed by atoms with van der Waals surface area (Å²) in [6, 6.07) is 6.21. The first kappa shape index (κ1) is 29.2. The zero-order valence-corrected chi connectivity index (χ0v) is 25.3. The molecule has 3 atom stereocenters. The van der Waals surface area contributed by atoms with E-state index in [4.69, 9.17) is 37.9 Å². The third kappa shape index (κ3) is 5.57. The number of aromatic nitrogens is 2. The maximum atomic E-state index is 14.0. The number of benzene rings is 1. The Morgan fingerprint density at radius 2 is 1.93 bits per heavy atom. The van der Waals surface area contributed by atoms with Crippen molar-refractivity contribution in [3.05, 3.63) is 57.2 Å². The van der Waals surface area contributed by atoms with E-state index in [1.54, 1.807) is 4.90 Å². The second-order valence-electron chi connectivity index (χ2n) is 12.3. The molecular weight excluding hydrogens is 578 g/mol. The van der Waals surface area contributed by atoms with Gasteiger partial charge in [0, 0.05) is 37.8 Å². The lowest BCUT2D eigenvalue weighted by atomic mass is 9.71. The molecule has 1 aromatic carbocycles. The van der Waals surface area contributed by atoms with Crippen LogP contribution in [-0.4, -0.2) is 83.8 Å². The van der Waals surface area contributed by atoms with E-state index in [0.717, 1.165) is 49.2 Å². The van der Waals surface area contributed by atoms with Crippen molar-refractivity contribution in [1.82, 2.24) is 19.8 Å². The Hall–Kier alpha value is -2.93. The van der Waals surface area contributed by atoms with Crippen molar-refractivity contribution < 1.29 is 13.9 Å². The fourth-order valence-corrected chi connectivity index (χ4v) is 7.67. The summed E-state index contributed by atoms with van der Waals surface area (Å²) in [7, 11) is 1.91. The van der Waals surface area contributed by atoms with E-state index >= 15 is 0 Å². The predicted molar refractivity (Wildman–Crippen MR) is 160 cm³/mol. The molecule has 2 aliphatic carbocycles. The van der Waals surface area contributed by atoms with E-state index in [9.17, 15) is 14.4 Å². The van der Waals surface area contributed by atoms with Crippen molar-refractivity contribution in [2.24, 2.45) is 5.41 Å². The molecule has 2 saturated heterocycles. The van der Waals surface area contributed by atoms with Gasteiger partial charge in [-0.25, -0.2) is 4.39 Å². The van der Waals surface area contributed by atoms with Gasteiger partial charge < -0.3 is 14.5 Å². The summed E-state index contributed by atoms with van der Waals surface area (Å²) in [5.41, 5.74) is 4.56. The largest absolute Gasteiger partial charge is 0.462 e. The molecule has 2 aliphatic heterocycles. The molecule has 2 aromatic rings. The summed E-state index contributed by atoms with van der Waals surface area (Å²) in [4.78, 5) is 28.2. The first-order valence-electron chi connectivity index (χ1n) is 14.6. The normalized spacial score (nSPS) is 24.8.